The van der Waals surface area contributed by atoms with E-state index in [4.69, 9.17) is 14.6 Å². The van der Waals surface area contributed by atoms with Crippen LogP contribution in [0.1, 0.15) is 24.0 Å². The van der Waals surface area contributed by atoms with Gasteiger partial charge in [-0.2, -0.15) is 0 Å². The Morgan fingerprint density at radius 2 is 1.48 bits per heavy atom. The molecule has 0 spiro atoms. The number of aliphatic hydroxyl groups is 1. The van der Waals surface area contributed by atoms with Gasteiger partial charge in [-0.1, -0.05) is 42.5 Å². The van der Waals surface area contributed by atoms with Crippen molar-refractivity contribution in [2.24, 2.45) is 0 Å². The van der Waals surface area contributed by atoms with Crippen LogP contribution in [-0.2, 0) is 18.0 Å². The summed E-state index contributed by atoms with van der Waals surface area (Å²) in [6.45, 7) is 2.18. The maximum atomic E-state index is 8.95. The highest BCUT2D eigenvalue weighted by Gasteiger charge is 1.96. The molecule has 2 aromatic carbocycles. The minimum atomic E-state index is 0.0685. The first kappa shape index (κ1) is 15.5. The molecular weight excluding hydrogens is 264 g/mol. The van der Waals surface area contributed by atoms with Gasteiger partial charge in [0.05, 0.1) is 19.8 Å². The number of rotatable bonds is 9. The highest BCUT2D eigenvalue weighted by molar-refractivity contribution is 5.26. The lowest BCUT2D eigenvalue weighted by Gasteiger charge is -2.07. The van der Waals surface area contributed by atoms with Crippen LogP contribution < -0.4 is 4.74 Å². The summed E-state index contributed by atoms with van der Waals surface area (Å²) in [4.78, 5) is 0. The van der Waals surface area contributed by atoms with E-state index in [0.29, 0.717) is 13.2 Å². The maximum Gasteiger partial charge on any atom is 0.119 e. The third-order valence-corrected chi connectivity index (χ3v) is 3.17. The van der Waals surface area contributed by atoms with E-state index in [2.05, 4.69) is 12.1 Å². The van der Waals surface area contributed by atoms with E-state index in [0.717, 1.165) is 30.8 Å². The lowest BCUT2D eigenvalue weighted by atomic mass is 10.2. The van der Waals surface area contributed by atoms with Crippen LogP contribution in [0.25, 0.3) is 0 Å². The summed E-state index contributed by atoms with van der Waals surface area (Å²) >= 11 is 0. The van der Waals surface area contributed by atoms with Gasteiger partial charge in [-0.3, -0.25) is 0 Å². The summed E-state index contributed by atoms with van der Waals surface area (Å²) in [5.74, 6) is 0.845. The normalized spacial score (nSPS) is 10.5. The first-order valence-corrected chi connectivity index (χ1v) is 7.33. The van der Waals surface area contributed by atoms with Crippen LogP contribution in [0.15, 0.2) is 54.6 Å². The molecule has 0 aliphatic rings. The standard InChI is InChI=1S/C18H22O3/c19-14-16-8-10-18(11-9-16)21-13-5-4-12-20-15-17-6-2-1-3-7-17/h1-3,6-11,19H,4-5,12-15H2. The Balaban J connectivity index is 1.51. The number of hydrogen-bond acceptors (Lipinski definition) is 3. The molecule has 0 heterocycles. The van der Waals surface area contributed by atoms with Gasteiger partial charge < -0.3 is 14.6 Å². The fourth-order valence-electron chi connectivity index (χ4n) is 1.95. The lowest BCUT2D eigenvalue weighted by Crippen LogP contribution is -2.01. The summed E-state index contributed by atoms with van der Waals surface area (Å²) in [6.07, 6.45) is 1.96. The van der Waals surface area contributed by atoms with Gasteiger partial charge in [0.2, 0.25) is 0 Å². The topological polar surface area (TPSA) is 38.7 Å². The SMILES string of the molecule is OCc1ccc(OCCCCOCc2ccccc2)cc1. The number of aliphatic hydroxyl groups excluding tert-OH is 1. The van der Waals surface area contributed by atoms with Crippen molar-refractivity contribution in [1.82, 2.24) is 0 Å². The maximum absolute atomic E-state index is 8.95. The molecule has 0 aliphatic carbocycles. The lowest BCUT2D eigenvalue weighted by molar-refractivity contribution is 0.113. The van der Waals surface area contributed by atoms with Crippen molar-refractivity contribution in [3.05, 3.63) is 65.7 Å². The first-order chi connectivity index (χ1) is 10.4. The number of ether oxygens (including phenoxy) is 2. The molecular formula is C18H22O3. The second-order valence-electron chi connectivity index (χ2n) is 4.90. The van der Waals surface area contributed by atoms with Gasteiger partial charge in [0.25, 0.3) is 0 Å². The highest BCUT2D eigenvalue weighted by Crippen LogP contribution is 2.12. The number of hydrogen-bond donors (Lipinski definition) is 1. The Hall–Kier alpha value is -1.84. The minimum absolute atomic E-state index is 0.0685. The highest BCUT2D eigenvalue weighted by atomic mass is 16.5. The van der Waals surface area contributed by atoms with E-state index >= 15 is 0 Å². The average Bonchev–Trinajstić information content (AvgIpc) is 2.55. The van der Waals surface area contributed by atoms with E-state index < -0.39 is 0 Å². The van der Waals surface area contributed by atoms with E-state index in [1.807, 2.05) is 42.5 Å². The summed E-state index contributed by atoms with van der Waals surface area (Å²) in [7, 11) is 0. The molecule has 3 nitrogen and oxygen atoms in total. The Bertz CT molecular complexity index is 494. The third kappa shape index (κ3) is 5.98. The van der Waals surface area contributed by atoms with Crippen molar-refractivity contribution in [3.63, 3.8) is 0 Å². The zero-order chi connectivity index (χ0) is 14.8. The van der Waals surface area contributed by atoms with Gasteiger partial charge in [0, 0.05) is 6.61 Å². The summed E-state index contributed by atoms with van der Waals surface area (Å²) in [5.41, 5.74) is 2.11. The van der Waals surface area contributed by atoms with Gasteiger partial charge >= 0.3 is 0 Å². The molecule has 21 heavy (non-hydrogen) atoms. The van der Waals surface area contributed by atoms with Gasteiger partial charge in [-0.05, 0) is 36.1 Å². The van der Waals surface area contributed by atoms with E-state index in [1.165, 1.54) is 5.56 Å². The zero-order valence-electron chi connectivity index (χ0n) is 12.2. The zero-order valence-corrected chi connectivity index (χ0v) is 12.2. The second-order valence-corrected chi connectivity index (χ2v) is 4.90. The Labute approximate surface area is 126 Å². The molecule has 0 saturated heterocycles. The molecule has 2 aromatic rings. The summed E-state index contributed by atoms with van der Waals surface area (Å²) < 4.78 is 11.3. The van der Waals surface area contributed by atoms with Crippen molar-refractivity contribution >= 4 is 0 Å². The molecule has 0 unspecified atom stereocenters. The van der Waals surface area contributed by atoms with Gasteiger partial charge in [0.15, 0.2) is 0 Å². The number of benzene rings is 2. The van der Waals surface area contributed by atoms with Crippen LogP contribution >= 0.6 is 0 Å². The quantitative estimate of drug-likeness (QED) is 0.716. The monoisotopic (exact) mass is 286 g/mol. The molecule has 0 saturated carbocycles. The first-order valence-electron chi connectivity index (χ1n) is 7.33. The fraction of sp³-hybridized carbons (Fsp3) is 0.333. The van der Waals surface area contributed by atoms with Crippen molar-refractivity contribution in [2.45, 2.75) is 26.1 Å². The van der Waals surface area contributed by atoms with Crippen LogP contribution in [0, 0.1) is 0 Å². The summed E-state index contributed by atoms with van der Waals surface area (Å²) in [5, 5.41) is 8.95. The van der Waals surface area contributed by atoms with Crippen molar-refractivity contribution in [1.29, 1.82) is 0 Å². The molecule has 0 amide bonds. The summed E-state index contributed by atoms with van der Waals surface area (Å²) in [6, 6.07) is 17.7. The van der Waals surface area contributed by atoms with Crippen molar-refractivity contribution in [3.8, 4) is 5.75 Å². The van der Waals surface area contributed by atoms with Gasteiger partial charge in [-0.25, -0.2) is 0 Å². The Kier molecular flexibility index (Phi) is 6.78. The Morgan fingerprint density at radius 1 is 0.762 bits per heavy atom. The minimum Gasteiger partial charge on any atom is -0.494 e. The van der Waals surface area contributed by atoms with Crippen LogP contribution in [0.5, 0.6) is 5.75 Å². The second kappa shape index (κ2) is 9.16. The predicted octanol–water partition coefficient (Wildman–Crippen LogP) is 3.55. The molecule has 2 rings (SSSR count). The molecule has 1 N–H and O–H groups in total. The number of unbranched alkanes of at least 4 members (excludes halogenated alkanes) is 1. The largest absolute Gasteiger partial charge is 0.494 e. The predicted molar refractivity (Wildman–Crippen MR) is 83.2 cm³/mol. The molecule has 0 aliphatic heterocycles. The van der Waals surface area contributed by atoms with E-state index in [-0.39, 0.29) is 6.61 Å². The average molecular weight is 286 g/mol. The van der Waals surface area contributed by atoms with E-state index in [9.17, 15) is 0 Å². The van der Waals surface area contributed by atoms with Crippen molar-refractivity contribution < 1.29 is 14.6 Å². The van der Waals surface area contributed by atoms with Crippen molar-refractivity contribution in [2.75, 3.05) is 13.2 Å². The Morgan fingerprint density at radius 3 is 2.19 bits per heavy atom. The molecule has 0 aromatic heterocycles. The molecule has 3 heteroatoms. The van der Waals surface area contributed by atoms with Crippen LogP contribution in [0.3, 0.4) is 0 Å². The molecule has 0 fully saturated rings. The van der Waals surface area contributed by atoms with Gasteiger partial charge in [0.1, 0.15) is 5.75 Å². The molecule has 112 valence electrons. The van der Waals surface area contributed by atoms with Gasteiger partial charge in [-0.15, -0.1) is 0 Å². The third-order valence-electron chi connectivity index (χ3n) is 3.17. The molecule has 0 atom stereocenters. The van der Waals surface area contributed by atoms with Crippen LogP contribution in [0.2, 0.25) is 0 Å². The molecule has 0 bridgehead atoms. The van der Waals surface area contributed by atoms with Crippen LogP contribution in [-0.4, -0.2) is 18.3 Å². The molecule has 0 radical (unpaired) electrons. The van der Waals surface area contributed by atoms with Crippen LogP contribution in [0.4, 0.5) is 0 Å². The smallest absolute Gasteiger partial charge is 0.119 e. The fourth-order valence-corrected chi connectivity index (χ4v) is 1.95. The van der Waals surface area contributed by atoms with E-state index in [1.54, 1.807) is 0 Å².